The van der Waals surface area contributed by atoms with E-state index >= 15 is 0 Å². The average Bonchev–Trinajstić information content (AvgIpc) is 2.99. The molecule has 3 rings (SSSR count). The van der Waals surface area contributed by atoms with Crippen LogP contribution in [0.1, 0.15) is 0 Å². The third-order valence-electron chi connectivity index (χ3n) is 1.87. The van der Waals surface area contributed by atoms with Gasteiger partial charge in [-0.3, -0.25) is 9.69 Å². The van der Waals surface area contributed by atoms with Gasteiger partial charge in [-0.05, 0) is 20.9 Å². The lowest BCUT2D eigenvalue weighted by Crippen LogP contribution is -2.02. The summed E-state index contributed by atoms with van der Waals surface area (Å²) in [5, 5.41) is 58.8. The van der Waals surface area contributed by atoms with Crippen LogP contribution in [-0.4, -0.2) is 51.1 Å². The Balaban J connectivity index is 2.23. The Morgan fingerprint density at radius 1 is 0.833 bits per heavy atom. The van der Waals surface area contributed by atoms with Crippen LogP contribution in [0.15, 0.2) is 4.41 Å². The number of hydrogen-bond donors (Lipinski definition) is 0. The van der Waals surface area contributed by atoms with E-state index < -0.39 is 11.6 Å². The van der Waals surface area contributed by atoms with Gasteiger partial charge in [0.1, 0.15) is 10.3 Å². The lowest BCUT2D eigenvalue weighted by molar-refractivity contribution is -0.741. The van der Waals surface area contributed by atoms with Gasteiger partial charge >= 0.3 is 0 Å². The molecule has 0 amide bonds. The predicted octanol–water partition coefficient (Wildman–Crippen LogP) is -3.12. The van der Waals surface area contributed by atoms with Crippen LogP contribution in [-0.2, 0) is 0 Å². The molecule has 0 saturated heterocycles. The van der Waals surface area contributed by atoms with Crippen molar-refractivity contribution in [1.29, 1.82) is 0 Å². The molecule has 0 aliphatic rings. The zero-order valence-electron chi connectivity index (χ0n) is 8.11. The highest BCUT2D eigenvalue weighted by atomic mass is 17.2. The fourth-order valence-electron chi connectivity index (χ4n) is 1.19. The Kier molecular flexibility index (Phi) is 1.83. The van der Waals surface area contributed by atoms with Gasteiger partial charge in [0.25, 0.3) is 0 Å². The van der Waals surface area contributed by atoms with E-state index in [-0.39, 0.29) is 21.1 Å². The molecular formula is C4N10O4-2. The summed E-state index contributed by atoms with van der Waals surface area (Å²) in [5.41, 5.74) is -0.663. The first kappa shape index (κ1) is 9.87. The quantitative estimate of drug-likeness (QED) is 0.331. The van der Waals surface area contributed by atoms with Crippen LogP contribution in [0.4, 0.5) is 0 Å². The highest BCUT2D eigenvalue weighted by molar-refractivity contribution is 5.69. The van der Waals surface area contributed by atoms with Crippen LogP contribution in [0, 0.1) is 10.4 Å². The SMILES string of the molecule is [O-]n1nnnc1-c1n[o+]([O-])nc1-c1nnnn1[O-]. The van der Waals surface area contributed by atoms with Crippen molar-refractivity contribution in [2.75, 3.05) is 0 Å². The zero-order chi connectivity index (χ0) is 12.7. The Bertz CT molecular complexity index is 639. The minimum Gasteiger partial charge on any atom is -0.788 e. The van der Waals surface area contributed by atoms with Crippen molar-refractivity contribution in [3.63, 3.8) is 0 Å². The maximum absolute atomic E-state index is 11.2. The van der Waals surface area contributed by atoms with Crippen LogP contribution in [0.2, 0.25) is 0 Å². The topological polar surface area (TPSA) is 185 Å². The van der Waals surface area contributed by atoms with Crippen LogP contribution < -0.4 is 5.26 Å². The molecule has 92 valence electrons. The molecular weight excluding hydrogens is 252 g/mol. The first-order valence-corrected chi connectivity index (χ1v) is 4.19. The monoisotopic (exact) mass is 252 g/mol. The molecule has 3 heterocycles. The Morgan fingerprint density at radius 2 is 1.28 bits per heavy atom. The van der Waals surface area contributed by atoms with Crippen LogP contribution in [0.25, 0.3) is 23.0 Å². The Morgan fingerprint density at radius 3 is 1.61 bits per heavy atom. The number of hydrogen-bond acceptors (Lipinski definition) is 11. The zero-order valence-corrected chi connectivity index (χ0v) is 8.11. The largest absolute Gasteiger partial charge is 0.788 e. The molecule has 14 heteroatoms. The van der Waals surface area contributed by atoms with Gasteiger partial charge in [-0.2, -0.15) is 0 Å². The molecule has 0 fully saturated rings. The highest BCUT2D eigenvalue weighted by Gasteiger charge is 2.27. The van der Waals surface area contributed by atoms with E-state index in [1.807, 2.05) is 0 Å². The minimum atomic E-state index is -0.414. The summed E-state index contributed by atoms with van der Waals surface area (Å²) < 4.78 is 0.705. The summed E-state index contributed by atoms with van der Waals surface area (Å²) in [6, 6.07) is 0. The van der Waals surface area contributed by atoms with Gasteiger partial charge < -0.3 is 15.7 Å². The van der Waals surface area contributed by atoms with Gasteiger partial charge in [0.05, 0.1) is 0 Å². The van der Waals surface area contributed by atoms with Crippen molar-refractivity contribution < 1.29 is 9.67 Å². The highest BCUT2D eigenvalue weighted by Crippen LogP contribution is 2.25. The summed E-state index contributed by atoms with van der Waals surface area (Å²) in [4.78, 5) is 0.0139. The molecule has 3 aromatic rings. The first-order chi connectivity index (χ1) is 8.66. The molecule has 0 radical (unpaired) electrons. The van der Waals surface area contributed by atoms with E-state index in [0.717, 1.165) is 0 Å². The van der Waals surface area contributed by atoms with Crippen LogP contribution in [0.3, 0.4) is 0 Å². The molecule has 0 saturated carbocycles. The van der Waals surface area contributed by atoms with E-state index in [0.29, 0.717) is 4.41 Å². The van der Waals surface area contributed by atoms with Crippen LogP contribution in [0.5, 0.6) is 0 Å². The molecule has 18 heavy (non-hydrogen) atoms. The van der Waals surface area contributed by atoms with Gasteiger partial charge in [0, 0.05) is 0 Å². The number of rotatable bonds is 2. The molecule has 0 spiro atoms. The molecule has 0 bridgehead atoms. The fraction of sp³-hybridized carbons (Fsp3) is 0. The van der Waals surface area contributed by atoms with Crippen molar-refractivity contribution >= 4 is 0 Å². The van der Waals surface area contributed by atoms with E-state index in [2.05, 4.69) is 41.4 Å². The van der Waals surface area contributed by atoms with Crippen molar-refractivity contribution in [1.82, 2.24) is 51.1 Å². The molecule has 0 atom stereocenters. The van der Waals surface area contributed by atoms with Gasteiger partial charge in [-0.15, -0.1) is 10.2 Å². The second-order valence-electron chi connectivity index (χ2n) is 2.86. The average molecular weight is 252 g/mol. The number of aromatic nitrogens is 10. The molecule has 0 aliphatic heterocycles. The maximum atomic E-state index is 11.2. The maximum Gasteiger partial charge on any atom is 0.243 e. The van der Waals surface area contributed by atoms with E-state index in [1.165, 1.54) is 0 Å². The lowest BCUT2D eigenvalue weighted by atomic mass is 10.3. The summed E-state index contributed by atoms with van der Waals surface area (Å²) in [5.74, 6) is -0.829. The van der Waals surface area contributed by atoms with Gasteiger partial charge in [-0.25, -0.2) is 4.41 Å². The standard InChI is InChI=1S/C4N10O4/c15-13-3(5-9-11-13)1-2(8-18(17)7-1)4-6-10-12-14(4)16/q-2. The molecule has 0 aliphatic carbocycles. The molecule has 0 N–H and O–H groups in total. The first-order valence-electron chi connectivity index (χ1n) is 4.19. The number of tetrazole rings is 2. The van der Waals surface area contributed by atoms with Crippen molar-refractivity contribution in [2.45, 2.75) is 0 Å². The smallest absolute Gasteiger partial charge is 0.243 e. The normalized spacial score (nSPS) is 10.9. The minimum absolute atomic E-state index is 0.00696. The number of nitrogens with zero attached hydrogens (tertiary/aromatic N) is 10. The second kappa shape index (κ2) is 3.34. The third-order valence-corrected chi connectivity index (χ3v) is 1.87. The molecule has 0 unspecified atom stereocenters. The summed E-state index contributed by atoms with van der Waals surface area (Å²) >= 11 is 0. The molecule has 0 aromatic carbocycles. The Labute approximate surface area is 95.2 Å². The Hall–Kier alpha value is -3.32. The predicted molar refractivity (Wildman–Crippen MR) is 45.4 cm³/mol. The molecule has 14 nitrogen and oxygen atoms in total. The molecule has 3 aromatic heterocycles. The fourth-order valence-corrected chi connectivity index (χ4v) is 1.19. The lowest BCUT2D eigenvalue weighted by Gasteiger charge is -2.04. The second-order valence-corrected chi connectivity index (χ2v) is 2.86. The summed E-state index contributed by atoms with van der Waals surface area (Å²) in [6.07, 6.45) is 0. The van der Waals surface area contributed by atoms with Crippen LogP contribution >= 0.6 is 0 Å². The van der Waals surface area contributed by atoms with Gasteiger partial charge in [0.2, 0.25) is 23.0 Å². The van der Waals surface area contributed by atoms with Crippen molar-refractivity contribution in [3.05, 3.63) is 10.4 Å². The summed E-state index contributed by atoms with van der Waals surface area (Å²) in [7, 11) is 0. The van der Waals surface area contributed by atoms with E-state index in [9.17, 15) is 15.7 Å². The van der Waals surface area contributed by atoms with Gasteiger partial charge in [0.15, 0.2) is 0 Å². The third kappa shape index (κ3) is 1.29. The van der Waals surface area contributed by atoms with Crippen molar-refractivity contribution in [2.24, 2.45) is 0 Å². The van der Waals surface area contributed by atoms with Crippen molar-refractivity contribution in [3.8, 4) is 23.0 Å². The van der Waals surface area contributed by atoms with E-state index in [1.54, 1.807) is 0 Å². The van der Waals surface area contributed by atoms with E-state index in [4.69, 9.17) is 0 Å². The summed E-state index contributed by atoms with van der Waals surface area (Å²) in [6.45, 7) is 0. The van der Waals surface area contributed by atoms with Gasteiger partial charge in [-0.1, -0.05) is 0 Å².